The van der Waals surface area contributed by atoms with Crippen LogP contribution >= 0.6 is 0 Å². The molecular formula is C19H16F4N4O2. The van der Waals surface area contributed by atoms with Gasteiger partial charge in [-0.25, -0.2) is 18.5 Å². The first-order valence-corrected chi connectivity index (χ1v) is 8.59. The van der Waals surface area contributed by atoms with Crippen molar-refractivity contribution >= 4 is 11.6 Å². The number of hydrogen-bond donors (Lipinski definition) is 1. The highest BCUT2D eigenvalue weighted by molar-refractivity contribution is 5.55. The SMILES string of the molecule is CCn1c(=O)nc(Nc2cccc(C(F)(F)F)c2)n(Cc2ccc(F)cc2)c1=O. The van der Waals surface area contributed by atoms with Crippen LogP contribution in [0.1, 0.15) is 18.1 Å². The van der Waals surface area contributed by atoms with Gasteiger partial charge >= 0.3 is 17.6 Å². The topological polar surface area (TPSA) is 68.9 Å². The zero-order valence-electron chi connectivity index (χ0n) is 15.2. The van der Waals surface area contributed by atoms with Crippen molar-refractivity contribution in [1.82, 2.24) is 14.1 Å². The summed E-state index contributed by atoms with van der Waals surface area (Å²) in [5.74, 6) is -0.673. The molecule has 0 aliphatic rings. The Morgan fingerprint density at radius 1 is 1.03 bits per heavy atom. The van der Waals surface area contributed by atoms with E-state index < -0.39 is 28.9 Å². The maximum atomic E-state index is 13.1. The van der Waals surface area contributed by atoms with Gasteiger partial charge in [0.2, 0.25) is 5.95 Å². The predicted molar refractivity (Wildman–Crippen MR) is 98.7 cm³/mol. The zero-order chi connectivity index (χ0) is 21.2. The van der Waals surface area contributed by atoms with Crippen molar-refractivity contribution in [3.63, 3.8) is 0 Å². The minimum atomic E-state index is -4.55. The van der Waals surface area contributed by atoms with Crippen LogP contribution in [0.4, 0.5) is 29.2 Å². The molecule has 0 saturated heterocycles. The second kappa shape index (κ2) is 7.90. The first-order chi connectivity index (χ1) is 13.7. The van der Waals surface area contributed by atoms with Crippen LogP contribution in [0.2, 0.25) is 0 Å². The number of nitrogens with one attached hydrogen (secondary N) is 1. The van der Waals surface area contributed by atoms with Gasteiger partial charge in [-0.3, -0.25) is 4.57 Å². The van der Waals surface area contributed by atoms with Crippen LogP contribution in [0.3, 0.4) is 0 Å². The molecule has 10 heteroatoms. The summed E-state index contributed by atoms with van der Waals surface area (Å²) in [7, 11) is 0. The molecule has 0 atom stereocenters. The number of hydrogen-bond acceptors (Lipinski definition) is 4. The Kier molecular flexibility index (Phi) is 5.53. The van der Waals surface area contributed by atoms with Crippen molar-refractivity contribution in [2.24, 2.45) is 0 Å². The highest BCUT2D eigenvalue weighted by atomic mass is 19.4. The number of alkyl halides is 3. The Labute approximate surface area is 162 Å². The van der Waals surface area contributed by atoms with Crippen LogP contribution in [0.25, 0.3) is 0 Å². The van der Waals surface area contributed by atoms with Crippen molar-refractivity contribution in [2.75, 3.05) is 5.32 Å². The Balaban J connectivity index is 2.07. The number of benzene rings is 2. The van der Waals surface area contributed by atoms with Gasteiger partial charge in [0.05, 0.1) is 12.1 Å². The van der Waals surface area contributed by atoms with Crippen LogP contribution < -0.4 is 16.7 Å². The summed E-state index contributed by atoms with van der Waals surface area (Å²) >= 11 is 0. The van der Waals surface area contributed by atoms with E-state index in [0.29, 0.717) is 5.56 Å². The Morgan fingerprint density at radius 3 is 2.34 bits per heavy atom. The Hall–Kier alpha value is -3.43. The lowest BCUT2D eigenvalue weighted by Crippen LogP contribution is -2.42. The Morgan fingerprint density at radius 2 is 1.72 bits per heavy atom. The normalized spacial score (nSPS) is 11.5. The highest BCUT2D eigenvalue weighted by Gasteiger charge is 2.30. The summed E-state index contributed by atoms with van der Waals surface area (Å²) in [5, 5.41) is 2.61. The standard InChI is InChI=1S/C19H16F4N4O2/c1-2-26-17(28)25-16(24-15-5-3-4-13(10-15)19(21,22)23)27(18(26)29)11-12-6-8-14(20)9-7-12/h3-10H,2,11H2,1H3,(H,24,25,28). The summed E-state index contributed by atoms with van der Waals surface area (Å²) in [5.41, 5.74) is -1.86. The third kappa shape index (κ3) is 4.53. The number of rotatable bonds is 5. The van der Waals surface area contributed by atoms with Gasteiger partial charge in [0.1, 0.15) is 5.82 Å². The van der Waals surface area contributed by atoms with Crippen LogP contribution in [-0.4, -0.2) is 14.1 Å². The molecule has 0 unspecified atom stereocenters. The summed E-state index contributed by atoms with van der Waals surface area (Å²) in [6.45, 7) is 1.60. The van der Waals surface area contributed by atoms with Crippen molar-refractivity contribution in [3.8, 4) is 0 Å². The molecule has 2 aromatic carbocycles. The molecule has 0 amide bonds. The van der Waals surface area contributed by atoms with Crippen LogP contribution in [0.15, 0.2) is 58.1 Å². The van der Waals surface area contributed by atoms with Crippen LogP contribution in [0, 0.1) is 5.82 Å². The summed E-state index contributed by atoms with van der Waals surface area (Å²) < 4.78 is 54.0. The van der Waals surface area contributed by atoms with E-state index in [-0.39, 0.29) is 24.7 Å². The minimum Gasteiger partial charge on any atom is -0.325 e. The largest absolute Gasteiger partial charge is 0.416 e. The molecule has 0 radical (unpaired) electrons. The lowest BCUT2D eigenvalue weighted by atomic mass is 10.2. The lowest BCUT2D eigenvalue weighted by Gasteiger charge is -2.16. The van der Waals surface area contributed by atoms with Gasteiger partial charge in [0, 0.05) is 12.2 Å². The molecular weight excluding hydrogens is 392 g/mol. The fourth-order valence-electron chi connectivity index (χ4n) is 2.71. The second-order valence-corrected chi connectivity index (χ2v) is 6.16. The zero-order valence-corrected chi connectivity index (χ0v) is 15.2. The Bertz CT molecular complexity index is 1130. The third-order valence-corrected chi connectivity index (χ3v) is 4.17. The minimum absolute atomic E-state index is 0.00762. The molecule has 0 aliphatic carbocycles. The number of aromatic nitrogens is 3. The fraction of sp³-hybridized carbons (Fsp3) is 0.211. The molecule has 1 heterocycles. The maximum absolute atomic E-state index is 13.1. The molecule has 29 heavy (non-hydrogen) atoms. The van der Waals surface area contributed by atoms with Crippen molar-refractivity contribution in [2.45, 2.75) is 26.2 Å². The van der Waals surface area contributed by atoms with Crippen molar-refractivity contribution < 1.29 is 17.6 Å². The third-order valence-electron chi connectivity index (χ3n) is 4.17. The van der Waals surface area contributed by atoms with Gasteiger partial charge in [-0.15, -0.1) is 0 Å². The van der Waals surface area contributed by atoms with Crippen molar-refractivity contribution in [3.05, 3.63) is 86.4 Å². The molecule has 3 aromatic rings. The van der Waals surface area contributed by atoms with Gasteiger partial charge in [-0.05, 0) is 42.8 Å². The fourth-order valence-corrected chi connectivity index (χ4v) is 2.71. The molecule has 0 saturated carbocycles. The molecule has 0 spiro atoms. The summed E-state index contributed by atoms with van der Waals surface area (Å²) in [6.07, 6.45) is -4.55. The average molecular weight is 408 g/mol. The monoisotopic (exact) mass is 408 g/mol. The summed E-state index contributed by atoms with van der Waals surface area (Å²) in [4.78, 5) is 28.7. The maximum Gasteiger partial charge on any atom is 0.416 e. The van der Waals surface area contributed by atoms with E-state index in [1.54, 1.807) is 6.92 Å². The van der Waals surface area contributed by atoms with E-state index >= 15 is 0 Å². The van der Waals surface area contributed by atoms with Crippen LogP contribution in [0.5, 0.6) is 0 Å². The molecule has 152 valence electrons. The summed E-state index contributed by atoms with van der Waals surface area (Å²) in [6, 6.07) is 9.64. The first kappa shape index (κ1) is 20.3. The highest BCUT2D eigenvalue weighted by Crippen LogP contribution is 2.31. The van der Waals surface area contributed by atoms with E-state index in [1.807, 2.05) is 0 Å². The van der Waals surface area contributed by atoms with E-state index in [2.05, 4.69) is 10.3 Å². The van der Waals surface area contributed by atoms with E-state index in [4.69, 9.17) is 0 Å². The quantitative estimate of drug-likeness (QED) is 0.658. The first-order valence-electron chi connectivity index (χ1n) is 8.59. The molecule has 6 nitrogen and oxygen atoms in total. The number of anilines is 2. The molecule has 1 aromatic heterocycles. The molecule has 0 bridgehead atoms. The van der Waals surface area contributed by atoms with Gasteiger partial charge in [0.25, 0.3) is 0 Å². The second-order valence-electron chi connectivity index (χ2n) is 6.16. The van der Waals surface area contributed by atoms with Gasteiger partial charge < -0.3 is 5.32 Å². The van der Waals surface area contributed by atoms with E-state index in [0.717, 1.165) is 21.3 Å². The average Bonchev–Trinajstić information content (AvgIpc) is 2.66. The molecule has 0 fully saturated rings. The van der Waals surface area contributed by atoms with Crippen LogP contribution in [-0.2, 0) is 19.3 Å². The number of nitrogens with zero attached hydrogens (tertiary/aromatic N) is 3. The van der Waals surface area contributed by atoms with Gasteiger partial charge in [-0.1, -0.05) is 18.2 Å². The van der Waals surface area contributed by atoms with E-state index in [9.17, 15) is 27.2 Å². The lowest BCUT2D eigenvalue weighted by molar-refractivity contribution is -0.137. The van der Waals surface area contributed by atoms with Crippen molar-refractivity contribution in [1.29, 1.82) is 0 Å². The van der Waals surface area contributed by atoms with E-state index in [1.165, 1.54) is 36.4 Å². The smallest absolute Gasteiger partial charge is 0.325 e. The van der Waals surface area contributed by atoms with Gasteiger partial charge in [0.15, 0.2) is 0 Å². The molecule has 3 rings (SSSR count). The van der Waals surface area contributed by atoms with Gasteiger partial charge in [-0.2, -0.15) is 18.2 Å². The molecule has 0 aliphatic heterocycles. The predicted octanol–water partition coefficient (Wildman–Crippen LogP) is 3.37. The molecule has 1 N–H and O–H groups in total. The number of halogens is 4.